The molecule has 0 aliphatic rings. The van der Waals surface area contributed by atoms with Gasteiger partial charge < -0.3 is 5.32 Å². The summed E-state index contributed by atoms with van der Waals surface area (Å²) in [4.78, 5) is 0. The molecule has 0 bridgehead atoms. The molecular formula is C17H24ClN3. The molecule has 3 nitrogen and oxygen atoms in total. The molecule has 0 spiro atoms. The van der Waals surface area contributed by atoms with Gasteiger partial charge in [0.1, 0.15) is 0 Å². The zero-order chi connectivity index (χ0) is 15.4. The fourth-order valence-electron chi connectivity index (χ4n) is 2.83. The van der Waals surface area contributed by atoms with Crippen LogP contribution in [-0.4, -0.2) is 23.4 Å². The molecule has 0 fully saturated rings. The lowest BCUT2D eigenvalue weighted by atomic mass is 9.92. The lowest BCUT2D eigenvalue weighted by Crippen LogP contribution is -2.24. The maximum Gasteiger partial charge on any atom is 0.0847 e. The van der Waals surface area contributed by atoms with Crippen LogP contribution in [0.25, 0.3) is 0 Å². The first-order chi connectivity index (χ1) is 10.0. The lowest BCUT2D eigenvalue weighted by molar-refractivity contribution is 0.476. The minimum Gasteiger partial charge on any atom is -0.319 e. The highest BCUT2D eigenvalue weighted by atomic mass is 35.5. The van der Waals surface area contributed by atoms with E-state index >= 15 is 0 Å². The van der Waals surface area contributed by atoms with Gasteiger partial charge in [0.25, 0.3) is 0 Å². The Hall–Kier alpha value is -1.32. The van der Waals surface area contributed by atoms with E-state index in [1.165, 1.54) is 11.1 Å². The SMILES string of the molecule is CNCC(Cc1ccccc1C)Cc1c(Cl)c(C)nn1C. The molecule has 0 saturated carbocycles. The van der Waals surface area contributed by atoms with Crippen LogP contribution in [0.3, 0.4) is 0 Å². The van der Waals surface area contributed by atoms with Crippen LogP contribution >= 0.6 is 11.6 Å². The summed E-state index contributed by atoms with van der Waals surface area (Å²) < 4.78 is 1.91. The summed E-state index contributed by atoms with van der Waals surface area (Å²) in [6.07, 6.45) is 1.99. The van der Waals surface area contributed by atoms with Crippen molar-refractivity contribution in [2.75, 3.05) is 13.6 Å². The van der Waals surface area contributed by atoms with Crippen LogP contribution in [0.4, 0.5) is 0 Å². The van der Waals surface area contributed by atoms with E-state index in [1.54, 1.807) is 0 Å². The van der Waals surface area contributed by atoms with Crippen molar-refractivity contribution in [1.29, 1.82) is 0 Å². The molecule has 114 valence electrons. The Labute approximate surface area is 132 Å². The average molecular weight is 306 g/mol. The number of benzene rings is 1. The molecule has 1 aromatic heterocycles. The van der Waals surface area contributed by atoms with Gasteiger partial charge in [-0.2, -0.15) is 5.10 Å². The van der Waals surface area contributed by atoms with Gasteiger partial charge in [0.05, 0.1) is 16.4 Å². The minimum atomic E-state index is 0.503. The van der Waals surface area contributed by atoms with Gasteiger partial charge in [-0.3, -0.25) is 4.68 Å². The summed E-state index contributed by atoms with van der Waals surface area (Å²) in [5.41, 5.74) is 4.80. The Balaban J connectivity index is 2.18. The Kier molecular flexibility index (Phi) is 5.43. The average Bonchev–Trinajstić information content (AvgIpc) is 2.68. The van der Waals surface area contributed by atoms with Crippen molar-refractivity contribution >= 4 is 11.6 Å². The number of aryl methyl sites for hydroxylation is 3. The third kappa shape index (κ3) is 3.86. The zero-order valence-corrected chi connectivity index (χ0v) is 14.0. The highest BCUT2D eigenvalue weighted by molar-refractivity contribution is 6.31. The predicted molar refractivity (Wildman–Crippen MR) is 89.0 cm³/mol. The van der Waals surface area contributed by atoms with Crippen LogP contribution in [0.5, 0.6) is 0 Å². The maximum absolute atomic E-state index is 6.39. The van der Waals surface area contributed by atoms with Gasteiger partial charge in [0.15, 0.2) is 0 Å². The van der Waals surface area contributed by atoms with Crippen LogP contribution in [0, 0.1) is 19.8 Å². The summed E-state index contributed by atoms with van der Waals surface area (Å²) in [7, 11) is 3.97. The van der Waals surface area contributed by atoms with Crippen molar-refractivity contribution < 1.29 is 0 Å². The molecular weight excluding hydrogens is 282 g/mol. The molecule has 4 heteroatoms. The van der Waals surface area contributed by atoms with Gasteiger partial charge in [0.2, 0.25) is 0 Å². The molecule has 0 amide bonds. The third-order valence-corrected chi connectivity index (χ3v) is 4.50. The van der Waals surface area contributed by atoms with E-state index in [2.05, 4.69) is 41.6 Å². The van der Waals surface area contributed by atoms with Gasteiger partial charge in [-0.1, -0.05) is 35.9 Å². The monoisotopic (exact) mass is 305 g/mol. The Morgan fingerprint density at radius 2 is 1.95 bits per heavy atom. The maximum atomic E-state index is 6.39. The highest BCUT2D eigenvalue weighted by Crippen LogP contribution is 2.24. The number of halogens is 1. The van der Waals surface area contributed by atoms with Crippen LogP contribution < -0.4 is 5.32 Å². The number of aromatic nitrogens is 2. The number of nitrogens with one attached hydrogen (secondary N) is 1. The van der Waals surface area contributed by atoms with Gasteiger partial charge in [0, 0.05) is 7.05 Å². The summed E-state index contributed by atoms with van der Waals surface area (Å²) in [6.45, 7) is 5.10. The van der Waals surface area contributed by atoms with E-state index < -0.39 is 0 Å². The van der Waals surface area contributed by atoms with E-state index in [4.69, 9.17) is 11.6 Å². The summed E-state index contributed by atoms with van der Waals surface area (Å²) in [5.74, 6) is 0.503. The molecule has 0 aliphatic carbocycles. The predicted octanol–water partition coefficient (Wildman–Crippen LogP) is 3.31. The van der Waals surface area contributed by atoms with Crippen molar-refractivity contribution in [3.05, 3.63) is 51.8 Å². The number of hydrogen-bond donors (Lipinski definition) is 1. The minimum absolute atomic E-state index is 0.503. The molecule has 0 aliphatic heterocycles. The first-order valence-electron chi connectivity index (χ1n) is 7.40. The van der Waals surface area contributed by atoms with E-state index in [0.29, 0.717) is 5.92 Å². The van der Waals surface area contributed by atoms with Crippen LogP contribution in [0.2, 0.25) is 5.02 Å². The van der Waals surface area contributed by atoms with Gasteiger partial charge in [-0.15, -0.1) is 0 Å². The van der Waals surface area contributed by atoms with Crippen molar-refractivity contribution in [1.82, 2.24) is 15.1 Å². The van der Waals surface area contributed by atoms with Gasteiger partial charge >= 0.3 is 0 Å². The molecule has 21 heavy (non-hydrogen) atoms. The van der Waals surface area contributed by atoms with E-state index in [1.807, 2.05) is 25.7 Å². The first-order valence-corrected chi connectivity index (χ1v) is 7.77. The standard InChI is InChI=1S/C17H24ClN3/c1-12-7-5-6-8-15(12)9-14(11-19-3)10-16-17(18)13(2)20-21(16)4/h5-8,14,19H,9-11H2,1-4H3. The Morgan fingerprint density at radius 3 is 2.52 bits per heavy atom. The van der Waals surface area contributed by atoms with E-state index in [9.17, 15) is 0 Å². The Bertz CT molecular complexity index is 604. The molecule has 1 atom stereocenters. The lowest BCUT2D eigenvalue weighted by Gasteiger charge is -2.18. The fraction of sp³-hybridized carbons (Fsp3) is 0.471. The molecule has 1 heterocycles. The van der Waals surface area contributed by atoms with Gasteiger partial charge in [-0.05, 0) is 57.3 Å². The fourth-order valence-corrected chi connectivity index (χ4v) is 3.07. The normalized spacial score (nSPS) is 12.6. The highest BCUT2D eigenvalue weighted by Gasteiger charge is 2.17. The summed E-state index contributed by atoms with van der Waals surface area (Å²) in [5, 5.41) is 8.52. The summed E-state index contributed by atoms with van der Waals surface area (Å²) >= 11 is 6.39. The van der Waals surface area contributed by atoms with Crippen LogP contribution in [-0.2, 0) is 19.9 Å². The van der Waals surface area contributed by atoms with E-state index in [0.717, 1.165) is 35.8 Å². The first kappa shape index (κ1) is 16.1. The molecule has 1 unspecified atom stereocenters. The largest absolute Gasteiger partial charge is 0.319 e. The number of nitrogens with zero attached hydrogens (tertiary/aromatic N) is 2. The molecule has 2 rings (SSSR count). The van der Waals surface area contributed by atoms with Crippen LogP contribution in [0.1, 0.15) is 22.5 Å². The number of hydrogen-bond acceptors (Lipinski definition) is 2. The molecule has 2 aromatic rings. The third-order valence-electron chi connectivity index (χ3n) is 4.01. The smallest absolute Gasteiger partial charge is 0.0847 e. The van der Waals surface area contributed by atoms with E-state index in [-0.39, 0.29) is 0 Å². The van der Waals surface area contributed by atoms with Crippen molar-refractivity contribution in [3.63, 3.8) is 0 Å². The quantitative estimate of drug-likeness (QED) is 0.887. The molecule has 1 aromatic carbocycles. The summed E-state index contributed by atoms with van der Waals surface area (Å²) in [6, 6.07) is 8.59. The molecule has 0 saturated heterocycles. The van der Waals surface area contributed by atoms with Crippen molar-refractivity contribution in [2.24, 2.45) is 13.0 Å². The zero-order valence-electron chi connectivity index (χ0n) is 13.3. The topological polar surface area (TPSA) is 29.9 Å². The molecule has 0 radical (unpaired) electrons. The second-order valence-corrected chi connectivity index (χ2v) is 6.11. The van der Waals surface area contributed by atoms with Crippen molar-refractivity contribution in [2.45, 2.75) is 26.7 Å². The van der Waals surface area contributed by atoms with Crippen molar-refractivity contribution in [3.8, 4) is 0 Å². The van der Waals surface area contributed by atoms with Gasteiger partial charge in [-0.25, -0.2) is 0 Å². The second-order valence-electron chi connectivity index (χ2n) is 5.73. The second kappa shape index (κ2) is 7.10. The number of rotatable bonds is 6. The van der Waals surface area contributed by atoms with Crippen LogP contribution in [0.15, 0.2) is 24.3 Å². The Morgan fingerprint density at radius 1 is 1.24 bits per heavy atom. The molecule has 1 N–H and O–H groups in total.